The summed E-state index contributed by atoms with van der Waals surface area (Å²) in [5.41, 5.74) is 0. The van der Waals surface area contributed by atoms with Gasteiger partial charge in [0.1, 0.15) is 0 Å². The highest BCUT2D eigenvalue weighted by Crippen LogP contribution is 1.99. The van der Waals surface area contributed by atoms with Gasteiger partial charge < -0.3 is 10.1 Å². The van der Waals surface area contributed by atoms with Gasteiger partial charge in [0.15, 0.2) is 5.78 Å². The first-order valence-corrected chi connectivity index (χ1v) is 3.09. The molecule has 3 nitrogen and oxygen atoms in total. The minimum atomic E-state index is -0.0324. The summed E-state index contributed by atoms with van der Waals surface area (Å²) in [5, 5.41) is 3.03. The molecule has 3 heteroatoms. The summed E-state index contributed by atoms with van der Waals surface area (Å²) in [6, 6.07) is -0.0324. The quantitative estimate of drug-likeness (QED) is 0.549. The molecule has 0 aromatic carbocycles. The zero-order valence-corrected chi connectivity index (χ0v) is 5.52. The molecule has 0 unspecified atom stereocenters. The van der Waals surface area contributed by atoms with Crippen molar-refractivity contribution in [3.63, 3.8) is 0 Å². The Labute approximate surface area is 54.4 Å². The predicted molar refractivity (Wildman–Crippen MR) is 33.3 cm³/mol. The molecule has 0 radical (unpaired) electrons. The van der Waals surface area contributed by atoms with Crippen molar-refractivity contribution in [2.45, 2.75) is 12.5 Å². The van der Waals surface area contributed by atoms with Gasteiger partial charge >= 0.3 is 0 Å². The van der Waals surface area contributed by atoms with E-state index in [1.807, 2.05) is 0 Å². The number of ketones is 1. The zero-order valence-electron chi connectivity index (χ0n) is 5.52. The van der Waals surface area contributed by atoms with E-state index in [9.17, 15) is 4.79 Å². The molecule has 1 aliphatic heterocycles. The minimum absolute atomic E-state index is 0.0324. The molecule has 0 aromatic heterocycles. The molecule has 1 heterocycles. The summed E-state index contributed by atoms with van der Waals surface area (Å²) < 4.78 is 4.81. The summed E-state index contributed by atoms with van der Waals surface area (Å²) in [5.74, 6) is 0.275. The number of rotatable bonds is 2. The highest BCUT2D eigenvalue weighted by molar-refractivity contribution is 5.86. The van der Waals surface area contributed by atoms with E-state index in [4.69, 9.17) is 4.74 Å². The third kappa shape index (κ3) is 1.50. The molecule has 0 spiro atoms. The van der Waals surface area contributed by atoms with E-state index in [2.05, 4.69) is 5.32 Å². The molecule has 0 saturated carbocycles. The highest BCUT2D eigenvalue weighted by Gasteiger charge is 2.22. The number of hydrogen-bond acceptors (Lipinski definition) is 3. The fourth-order valence-corrected chi connectivity index (χ4v) is 0.976. The Balaban J connectivity index is 2.31. The first kappa shape index (κ1) is 6.71. The molecule has 1 rings (SSSR count). The van der Waals surface area contributed by atoms with E-state index in [1.165, 1.54) is 0 Å². The van der Waals surface area contributed by atoms with Crippen LogP contribution in [0.3, 0.4) is 0 Å². The highest BCUT2D eigenvalue weighted by atomic mass is 16.5. The number of Topliss-reactive ketones (excluding diaryl/α,β-unsaturated/α-hetero) is 1. The lowest BCUT2D eigenvalue weighted by atomic mass is 10.2. The van der Waals surface area contributed by atoms with E-state index in [0.717, 1.165) is 6.54 Å². The normalized spacial score (nSPS) is 27.2. The van der Waals surface area contributed by atoms with E-state index in [-0.39, 0.29) is 11.8 Å². The van der Waals surface area contributed by atoms with Gasteiger partial charge in [-0.25, -0.2) is 0 Å². The summed E-state index contributed by atoms with van der Waals surface area (Å²) >= 11 is 0. The van der Waals surface area contributed by atoms with Crippen molar-refractivity contribution in [1.29, 1.82) is 0 Å². The maximum Gasteiger partial charge on any atom is 0.153 e. The van der Waals surface area contributed by atoms with Crippen molar-refractivity contribution in [1.82, 2.24) is 5.32 Å². The molecule has 1 saturated heterocycles. The van der Waals surface area contributed by atoms with Crippen LogP contribution in [0.1, 0.15) is 6.42 Å². The molecule has 0 amide bonds. The second-order valence-corrected chi connectivity index (χ2v) is 2.18. The van der Waals surface area contributed by atoms with Crippen LogP contribution < -0.4 is 5.32 Å². The van der Waals surface area contributed by atoms with Crippen LogP contribution in [0.5, 0.6) is 0 Å². The van der Waals surface area contributed by atoms with Gasteiger partial charge in [-0.2, -0.15) is 0 Å². The van der Waals surface area contributed by atoms with Crippen LogP contribution in [-0.2, 0) is 9.53 Å². The Morgan fingerprint density at radius 2 is 2.67 bits per heavy atom. The molecule has 52 valence electrons. The number of methoxy groups -OCH3 is 1. The summed E-state index contributed by atoms with van der Waals surface area (Å²) in [4.78, 5) is 10.8. The minimum Gasteiger partial charge on any atom is -0.383 e. The largest absolute Gasteiger partial charge is 0.383 e. The second-order valence-electron chi connectivity index (χ2n) is 2.18. The van der Waals surface area contributed by atoms with Gasteiger partial charge in [-0.05, 0) is 0 Å². The first-order valence-electron chi connectivity index (χ1n) is 3.09. The van der Waals surface area contributed by atoms with Crippen LogP contribution in [0, 0.1) is 0 Å². The fourth-order valence-electron chi connectivity index (χ4n) is 0.976. The molecule has 0 bridgehead atoms. The van der Waals surface area contributed by atoms with Crippen molar-refractivity contribution in [2.75, 3.05) is 20.3 Å². The topological polar surface area (TPSA) is 38.3 Å². The number of carbonyl (C=O) groups excluding carboxylic acids is 1. The Bertz CT molecular complexity index is 114. The monoisotopic (exact) mass is 129 g/mol. The maximum absolute atomic E-state index is 10.8. The number of ether oxygens (including phenoxy) is 1. The van der Waals surface area contributed by atoms with Gasteiger partial charge in [0, 0.05) is 20.1 Å². The molecule has 0 aliphatic carbocycles. The summed E-state index contributed by atoms with van der Waals surface area (Å²) in [6.45, 7) is 1.33. The molecular weight excluding hydrogens is 118 g/mol. The summed E-state index contributed by atoms with van der Waals surface area (Å²) in [7, 11) is 1.60. The molecule has 1 fully saturated rings. The Morgan fingerprint density at radius 3 is 3.11 bits per heavy atom. The Morgan fingerprint density at radius 1 is 1.89 bits per heavy atom. The Hall–Kier alpha value is -0.410. The van der Waals surface area contributed by atoms with Crippen molar-refractivity contribution in [3.8, 4) is 0 Å². The van der Waals surface area contributed by atoms with E-state index < -0.39 is 0 Å². The van der Waals surface area contributed by atoms with Crippen LogP contribution in [0.4, 0.5) is 0 Å². The molecule has 0 aromatic rings. The maximum atomic E-state index is 10.8. The molecular formula is C6H11NO2. The van der Waals surface area contributed by atoms with Crippen molar-refractivity contribution < 1.29 is 9.53 Å². The lowest BCUT2D eigenvalue weighted by Gasteiger charge is -2.04. The fraction of sp³-hybridized carbons (Fsp3) is 0.833. The van der Waals surface area contributed by atoms with Gasteiger partial charge in [0.25, 0.3) is 0 Å². The predicted octanol–water partition coefficient (Wildman–Crippen LogP) is -0.436. The van der Waals surface area contributed by atoms with E-state index in [1.54, 1.807) is 7.11 Å². The lowest BCUT2D eigenvalue weighted by Crippen LogP contribution is -2.31. The number of hydrogen-bond donors (Lipinski definition) is 1. The average molecular weight is 129 g/mol. The molecule has 1 N–H and O–H groups in total. The van der Waals surface area contributed by atoms with Gasteiger partial charge in [0.05, 0.1) is 12.6 Å². The van der Waals surface area contributed by atoms with E-state index in [0.29, 0.717) is 13.0 Å². The number of carbonyl (C=O) groups is 1. The second kappa shape index (κ2) is 2.94. The van der Waals surface area contributed by atoms with Crippen LogP contribution in [0.25, 0.3) is 0 Å². The average Bonchev–Trinajstić information content (AvgIpc) is 2.18. The van der Waals surface area contributed by atoms with Crippen LogP contribution in [0.2, 0.25) is 0 Å². The zero-order chi connectivity index (χ0) is 6.69. The molecule has 9 heavy (non-hydrogen) atoms. The van der Waals surface area contributed by atoms with E-state index >= 15 is 0 Å². The smallest absolute Gasteiger partial charge is 0.153 e. The van der Waals surface area contributed by atoms with Gasteiger partial charge in [-0.3, -0.25) is 4.79 Å². The van der Waals surface area contributed by atoms with Crippen LogP contribution in [0.15, 0.2) is 0 Å². The van der Waals surface area contributed by atoms with Crippen molar-refractivity contribution in [3.05, 3.63) is 0 Å². The molecule has 1 aliphatic rings. The van der Waals surface area contributed by atoms with Gasteiger partial charge in [0.2, 0.25) is 0 Å². The molecule has 1 atom stereocenters. The van der Waals surface area contributed by atoms with Crippen molar-refractivity contribution in [2.24, 2.45) is 0 Å². The van der Waals surface area contributed by atoms with Gasteiger partial charge in [-0.15, -0.1) is 0 Å². The number of nitrogens with one attached hydrogen (secondary N) is 1. The van der Waals surface area contributed by atoms with Crippen LogP contribution in [-0.4, -0.2) is 32.1 Å². The first-order chi connectivity index (χ1) is 4.34. The SMILES string of the molecule is COC[C@@H]1NCCC1=O. The van der Waals surface area contributed by atoms with Gasteiger partial charge in [-0.1, -0.05) is 0 Å². The lowest BCUT2D eigenvalue weighted by molar-refractivity contribution is -0.119. The summed E-state index contributed by atoms with van der Waals surface area (Å²) in [6.07, 6.45) is 0.661. The van der Waals surface area contributed by atoms with Crippen LogP contribution >= 0.6 is 0 Å². The third-order valence-corrected chi connectivity index (χ3v) is 1.48. The standard InChI is InChI=1S/C6H11NO2/c1-9-4-5-6(8)2-3-7-5/h5,7H,2-4H2,1H3/t5-/m0/s1. The Kier molecular flexibility index (Phi) is 2.19. The third-order valence-electron chi connectivity index (χ3n) is 1.48. The van der Waals surface area contributed by atoms with Crippen molar-refractivity contribution >= 4 is 5.78 Å².